The van der Waals surface area contributed by atoms with E-state index in [1.165, 1.54) is 0 Å². The first-order chi connectivity index (χ1) is 6.40. The van der Waals surface area contributed by atoms with E-state index >= 15 is 0 Å². The molecule has 0 aliphatic rings. The van der Waals surface area contributed by atoms with Crippen LogP contribution in [0.15, 0.2) is 30.3 Å². The van der Waals surface area contributed by atoms with Crippen LogP contribution in [0.5, 0.6) is 5.88 Å². The maximum Gasteiger partial charge on any atom is 0.239 e. The second-order valence-electron chi connectivity index (χ2n) is 2.46. The van der Waals surface area contributed by atoms with Crippen LogP contribution < -0.4 is 4.52 Å². The molecule has 2 rings (SSSR count). The van der Waals surface area contributed by atoms with E-state index < -0.39 is 8.69 Å². The Morgan fingerprint density at radius 2 is 2.08 bits per heavy atom. The van der Waals surface area contributed by atoms with Crippen molar-refractivity contribution in [3.8, 4) is 5.88 Å². The smallest absolute Gasteiger partial charge is 0.239 e. The van der Waals surface area contributed by atoms with Gasteiger partial charge in [0.15, 0.2) is 0 Å². The summed E-state index contributed by atoms with van der Waals surface area (Å²) in [7, 11) is -1.27. The van der Waals surface area contributed by atoms with E-state index in [1.807, 2.05) is 24.3 Å². The molecular weight excluding hydrogens is 187 g/mol. The van der Waals surface area contributed by atoms with Crippen molar-refractivity contribution in [1.29, 1.82) is 0 Å². The molecule has 0 radical (unpaired) electrons. The lowest BCUT2D eigenvalue weighted by molar-refractivity contribution is 0.511. The zero-order valence-corrected chi connectivity index (χ0v) is 7.83. The first kappa shape index (κ1) is 8.20. The third-order valence-corrected chi connectivity index (χ3v) is 1.98. The lowest BCUT2D eigenvalue weighted by Gasteiger charge is -1.97. The van der Waals surface area contributed by atoms with Crippen molar-refractivity contribution in [1.82, 2.24) is 10.2 Å². The molecule has 1 heterocycles. The number of rotatable bonds is 2. The minimum atomic E-state index is -1.27. The van der Waals surface area contributed by atoms with Gasteiger partial charge in [0.25, 0.3) is 0 Å². The van der Waals surface area contributed by atoms with E-state index in [-0.39, 0.29) is 0 Å². The summed E-state index contributed by atoms with van der Waals surface area (Å²) in [5.41, 5.74) is 0.802. The summed E-state index contributed by atoms with van der Waals surface area (Å²) in [4.78, 5) is 0. The van der Waals surface area contributed by atoms with Crippen LogP contribution in [0.4, 0.5) is 0 Å². The average Bonchev–Trinajstić information content (AvgIpc) is 2.18. The number of aromatic nitrogens is 2. The summed E-state index contributed by atoms with van der Waals surface area (Å²) in [6.07, 6.45) is 0. The van der Waals surface area contributed by atoms with Gasteiger partial charge in [-0.05, 0) is 6.07 Å². The summed E-state index contributed by atoms with van der Waals surface area (Å²) in [5, 5.41) is 8.58. The fraction of sp³-hybridized carbons (Fsp3) is 0. The Kier molecular flexibility index (Phi) is 2.23. The SMILES string of the molecule is O=[PH2]Oc1cc2ccccc2nn1. The topological polar surface area (TPSA) is 52.1 Å². The van der Waals surface area contributed by atoms with Crippen molar-refractivity contribution < 1.29 is 9.09 Å². The van der Waals surface area contributed by atoms with E-state index in [4.69, 9.17) is 4.52 Å². The molecule has 1 aromatic heterocycles. The lowest BCUT2D eigenvalue weighted by atomic mass is 10.2. The van der Waals surface area contributed by atoms with Crippen LogP contribution in [0.25, 0.3) is 10.9 Å². The van der Waals surface area contributed by atoms with Gasteiger partial charge in [-0.25, -0.2) is 0 Å². The van der Waals surface area contributed by atoms with Gasteiger partial charge in [0, 0.05) is 11.5 Å². The quantitative estimate of drug-likeness (QED) is 0.682. The largest absolute Gasteiger partial charge is 0.428 e. The Bertz CT molecular complexity index is 447. The first-order valence-corrected chi connectivity index (χ1v) is 4.67. The second kappa shape index (κ2) is 3.54. The van der Waals surface area contributed by atoms with Crippen LogP contribution in [-0.2, 0) is 4.57 Å². The molecule has 5 heteroatoms. The van der Waals surface area contributed by atoms with Crippen molar-refractivity contribution in [3.05, 3.63) is 30.3 Å². The predicted octanol–water partition coefficient (Wildman–Crippen LogP) is 1.68. The van der Waals surface area contributed by atoms with Gasteiger partial charge in [-0.3, -0.25) is 4.57 Å². The molecular formula is C8H7N2O2P. The molecule has 4 nitrogen and oxygen atoms in total. The van der Waals surface area contributed by atoms with Gasteiger partial charge in [0.1, 0.15) is 0 Å². The minimum Gasteiger partial charge on any atom is -0.428 e. The number of hydrogen-bond acceptors (Lipinski definition) is 4. The molecule has 13 heavy (non-hydrogen) atoms. The zero-order chi connectivity index (χ0) is 9.10. The third-order valence-electron chi connectivity index (χ3n) is 1.64. The maximum atomic E-state index is 10.2. The molecule has 0 bridgehead atoms. The van der Waals surface area contributed by atoms with Crippen LogP contribution in [0.1, 0.15) is 0 Å². The summed E-state index contributed by atoms with van der Waals surface area (Å²) in [6, 6.07) is 9.26. The third kappa shape index (κ3) is 1.68. The highest BCUT2D eigenvalue weighted by molar-refractivity contribution is 7.17. The molecule has 1 atom stereocenters. The fourth-order valence-corrected chi connectivity index (χ4v) is 1.29. The molecule has 0 aliphatic carbocycles. The van der Waals surface area contributed by atoms with Crippen LogP contribution in [-0.4, -0.2) is 10.2 Å². The summed E-state index contributed by atoms with van der Waals surface area (Å²) >= 11 is 0. The molecule has 0 N–H and O–H groups in total. The molecule has 66 valence electrons. The number of benzene rings is 1. The molecule has 1 unspecified atom stereocenters. The van der Waals surface area contributed by atoms with E-state index in [0.29, 0.717) is 5.88 Å². The van der Waals surface area contributed by atoms with E-state index in [0.717, 1.165) is 10.9 Å². The Morgan fingerprint density at radius 3 is 2.92 bits per heavy atom. The highest BCUT2D eigenvalue weighted by Crippen LogP contribution is 2.17. The van der Waals surface area contributed by atoms with Crippen molar-refractivity contribution in [2.75, 3.05) is 0 Å². The fourth-order valence-electron chi connectivity index (χ4n) is 1.07. The van der Waals surface area contributed by atoms with Crippen LogP contribution in [0.3, 0.4) is 0 Å². The van der Waals surface area contributed by atoms with Crippen molar-refractivity contribution in [3.63, 3.8) is 0 Å². The monoisotopic (exact) mass is 194 g/mol. The standard InChI is InChI=1S/C8H7N2O2P/c11-13-12-8-5-6-3-1-2-4-7(6)9-10-8/h1-5H,13H2. The van der Waals surface area contributed by atoms with E-state index in [1.54, 1.807) is 6.07 Å². The number of nitrogens with zero attached hydrogens (tertiary/aromatic N) is 2. The Labute approximate surface area is 75.8 Å². The molecule has 0 saturated carbocycles. The molecule has 2 aromatic rings. The predicted molar refractivity (Wildman–Crippen MR) is 50.6 cm³/mol. The van der Waals surface area contributed by atoms with E-state index in [2.05, 4.69) is 10.2 Å². The highest BCUT2D eigenvalue weighted by atomic mass is 31.1. The average molecular weight is 194 g/mol. The molecule has 0 saturated heterocycles. The van der Waals surface area contributed by atoms with Crippen LogP contribution in [0, 0.1) is 0 Å². The highest BCUT2D eigenvalue weighted by Gasteiger charge is 1.97. The molecule has 0 amide bonds. The van der Waals surface area contributed by atoms with Gasteiger partial charge in [0.05, 0.1) is 5.52 Å². The minimum absolute atomic E-state index is 0.309. The van der Waals surface area contributed by atoms with Gasteiger partial charge < -0.3 is 4.52 Å². The number of fused-ring (bicyclic) bond motifs is 1. The molecule has 0 spiro atoms. The van der Waals surface area contributed by atoms with Crippen molar-refractivity contribution in [2.45, 2.75) is 0 Å². The van der Waals surface area contributed by atoms with E-state index in [9.17, 15) is 4.57 Å². The molecule has 0 aliphatic heterocycles. The summed E-state index contributed by atoms with van der Waals surface area (Å²) in [6.45, 7) is 0. The Morgan fingerprint density at radius 1 is 1.23 bits per heavy atom. The van der Waals surface area contributed by atoms with Crippen molar-refractivity contribution >= 4 is 19.6 Å². The second-order valence-corrected chi connectivity index (χ2v) is 2.88. The molecule has 0 fully saturated rings. The first-order valence-electron chi connectivity index (χ1n) is 3.73. The van der Waals surface area contributed by atoms with Gasteiger partial charge in [0.2, 0.25) is 14.6 Å². The zero-order valence-electron chi connectivity index (χ0n) is 6.68. The van der Waals surface area contributed by atoms with Crippen LogP contribution in [0.2, 0.25) is 0 Å². The van der Waals surface area contributed by atoms with Crippen LogP contribution >= 0.6 is 8.69 Å². The van der Waals surface area contributed by atoms with Gasteiger partial charge in [-0.2, -0.15) is 0 Å². The Hall–Kier alpha value is -1.41. The Balaban J connectivity index is 2.55. The van der Waals surface area contributed by atoms with Gasteiger partial charge >= 0.3 is 0 Å². The summed E-state index contributed by atoms with van der Waals surface area (Å²) in [5.74, 6) is 0.309. The van der Waals surface area contributed by atoms with Crippen molar-refractivity contribution in [2.24, 2.45) is 0 Å². The number of hydrogen-bond donors (Lipinski definition) is 0. The maximum absolute atomic E-state index is 10.2. The molecule has 1 aromatic carbocycles. The van der Waals surface area contributed by atoms with Gasteiger partial charge in [-0.15, -0.1) is 10.2 Å². The summed E-state index contributed by atoms with van der Waals surface area (Å²) < 4.78 is 15.0. The van der Waals surface area contributed by atoms with Gasteiger partial charge in [-0.1, -0.05) is 18.2 Å². The lowest BCUT2D eigenvalue weighted by Crippen LogP contribution is -1.86. The normalized spacial score (nSPS) is 11.1.